The number of benzene rings is 1. The Bertz CT molecular complexity index is 293. The first-order chi connectivity index (χ1) is 6.15. The molecule has 0 heterocycles. The zero-order valence-electron chi connectivity index (χ0n) is 7.26. The minimum Gasteiger partial charge on any atom is -0.323 e. The minimum absolute atomic E-state index is 0.257. The highest BCUT2D eigenvalue weighted by Crippen LogP contribution is 2.21. The fourth-order valence-electron chi connectivity index (χ4n) is 1.07. The molecule has 0 aromatic heterocycles. The van der Waals surface area contributed by atoms with Crippen molar-refractivity contribution in [2.24, 2.45) is 5.73 Å². The lowest BCUT2D eigenvalue weighted by atomic mass is 10.1. The molecule has 1 atom stereocenters. The van der Waals surface area contributed by atoms with E-state index in [1.54, 1.807) is 23.9 Å². The van der Waals surface area contributed by atoms with Crippen molar-refractivity contribution in [3.8, 4) is 0 Å². The van der Waals surface area contributed by atoms with E-state index in [1.165, 1.54) is 6.07 Å². The average Bonchev–Trinajstić information content (AvgIpc) is 2.04. The quantitative estimate of drug-likeness (QED) is 0.846. The number of thioether (sulfide) groups is 1. The maximum absolute atomic E-state index is 13.3. The summed E-state index contributed by atoms with van der Waals surface area (Å²) in [6, 6.07) is 4.32. The highest BCUT2D eigenvalue weighted by molar-refractivity contribution is 7.98. The van der Waals surface area contributed by atoms with E-state index in [0.717, 1.165) is 0 Å². The number of nitrogens with two attached hydrogens (primary N) is 1. The summed E-state index contributed by atoms with van der Waals surface area (Å²) in [7, 11) is 0. The zero-order valence-corrected chi connectivity index (χ0v) is 8.83. The van der Waals surface area contributed by atoms with Gasteiger partial charge in [0.1, 0.15) is 5.82 Å². The second-order valence-electron chi connectivity index (χ2n) is 2.73. The third kappa shape index (κ3) is 2.86. The molecule has 0 spiro atoms. The fraction of sp³-hybridized carbons (Fsp3) is 0.333. The molecule has 0 radical (unpaired) electrons. The third-order valence-corrected chi connectivity index (χ3v) is 2.64. The molecule has 1 rings (SSSR count). The van der Waals surface area contributed by atoms with Crippen LogP contribution >= 0.6 is 23.4 Å². The standard InChI is InChI=1S/C9H11ClFNS/c1-13-5-9(12)7-3-2-6(10)4-8(7)11/h2-4,9H,5,12H2,1H3. The molecule has 0 bridgehead atoms. The van der Waals surface area contributed by atoms with E-state index in [1.807, 2.05) is 6.26 Å². The summed E-state index contributed by atoms with van der Waals surface area (Å²) in [4.78, 5) is 0. The highest BCUT2D eigenvalue weighted by Gasteiger charge is 2.10. The van der Waals surface area contributed by atoms with Crippen molar-refractivity contribution in [3.05, 3.63) is 34.6 Å². The van der Waals surface area contributed by atoms with Crippen LogP contribution in [0.15, 0.2) is 18.2 Å². The van der Waals surface area contributed by atoms with Crippen LogP contribution in [0.25, 0.3) is 0 Å². The molecule has 1 unspecified atom stereocenters. The van der Waals surface area contributed by atoms with Crippen molar-refractivity contribution in [2.75, 3.05) is 12.0 Å². The molecule has 1 aromatic rings. The molecule has 0 aliphatic rings. The summed E-state index contributed by atoms with van der Waals surface area (Å²) in [5, 5.41) is 0.401. The van der Waals surface area contributed by atoms with Gasteiger partial charge >= 0.3 is 0 Å². The molecule has 0 aliphatic carbocycles. The van der Waals surface area contributed by atoms with Crippen molar-refractivity contribution in [3.63, 3.8) is 0 Å². The molecule has 1 nitrogen and oxygen atoms in total. The largest absolute Gasteiger partial charge is 0.323 e. The van der Waals surface area contributed by atoms with Crippen molar-refractivity contribution in [1.29, 1.82) is 0 Å². The molecule has 0 aliphatic heterocycles. The summed E-state index contributed by atoms with van der Waals surface area (Å²) in [5.74, 6) is 0.382. The summed E-state index contributed by atoms with van der Waals surface area (Å²) >= 11 is 7.21. The molecular formula is C9H11ClFNS. The first kappa shape index (κ1) is 10.8. The van der Waals surface area contributed by atoms with Crippen LogP contribution in [0.5, 0.6) is 0 Å². The molecule has 4 heteroatoms. The smallest absolute Gasteiger partial charge is 0.129 e. The maximum atomic E-state index is 13.3. The van der Waals surface area contributed by atoms with Crippen molar-refractivity contribution < 1.29 is 4.39 Å². The Morgan fingerprint density at radius 2 is 2.31 bits per heavy atom. The molecule has 0 saturated heterocycles. The van der Waals surface area contributed by atoms with E-state index in [2.05, 4.69) is 0 Å². The molecular weight excluding hydrogens is 209 g/mol. The summed E-state index contributed by atoms with van der Waals surface area (Å²) in [6.07, 6.45) is 1.94. The van der Waals surface area contributed by atoms with E-state index in [0.29, 0.717) is 16.3 Å². The molecule has 2 N–H and O–H groups in total. The maximum Gasteiger partial charge on any atom is 0.129 e. The fourth-order valence-corrected chi connectivity index (χ4v) is 1.77. The van der Waals surface area contributed by atoms with E-state index < -0.39 is 0 Å². The SMILES string of the molecule is CSCC(N)c1ccc(Cl)cc1F. The van der Waals surface area contributed by atoms with E-state index >= 15 is 0 Å². The lowest BCUT2D eigenvalue weighted by molar-refractivity contribution is 0.595. The van der Waals surface area contributed by atoms with Crippen molar-refractivity contribution in [1.82, 2.24) is 0 Å². The van der Waals surface area contributed by atoms with Crippen LogP contribution in [0, 0.1) is 5.82 Å². The molecule has 72 valence electrons. The zero-order chi connectivity index (χ0) is 9.84. The van der Waals surface area contributed by atoms with Gasteiger partial charge in [-0.15, -0.1) is 0 Å². The normalized spacial score (nSPS) is 12.9. The highest BCUT2D eigenvalue weighted by atomic mass is 35.5. The first-order valence-electron chi connectivity index (χ1n) is 3.84. The van der Waals surface area contributed by atoms with Crippen LogP contribution in [-0.4, -0.2) is 12.0 Å². The van der Waals surface area contributed by atoms with Gasteiger partial charge < -0.3 is 5.73 Å². The Morgan fingerprint density at radius 1 is 1.62 bits per heavy atom. The Kier molecular flexibility index (Phi) is 4.03. The lowest BCUT2D eigenvalue weighted by Gasteiger charge is -2.11. The van der Waals surface area contributed by atoms with Gasteiger partial charge in [0, 0.05) is 22.4 Å². The summed E-state index contributed by atoms with van der Waals surface area (Å²) < 4.78 is 13.3. The summed E-state index contributed by atoms with van der Waals surface area (Å²) in [5.41, 5.74) is 6.28. The van der Waals surface area contributed by atoms with Gasteiger partial charge in [0.15, 0.2) is 0 Å². The number of halogens is 2. The van der Waals surface area contributed by atoms with Gasteiger partial charge in [-0.3, -0.25) is 0 Å². The van der Waals surface area contributed by atoms with Crippen LogP contribution in [0.4, 0.5) is 4.39 Å². The van der Waals surface area contributed by atoms with Gasteiger partial charge in [-0.25, -0.2) is 4.39 Å². The predicted octanol–water partition coefficient (Wildman–Crippen LogP) is 2.84. The van der Waals surface area contributed by atoms with E-state index in [4.69, 9.17) is 17.3 Å². The van der Waals surface area contributed by atoms with Crippen LogP contribution < -0.4 is 5.73 Å². The topological polar surface area (TPSA) is 26.0 Å². The van der Waals surface area contributed by atoms with Gasteiger partial charge in [-0.1, -0.05) is 17.7 Å². The van der Waals surface area contributed by atoms with Gasteiger partial charge in [-0.2, -0.15) is 11.8 Å². The Hall–Kier alpha value is -0.250. The molecule has 0 fully saturated rings. The van der Waals surface area contributed by atoms with Crippen molar-refractivity contribution in [2.45, 2.75) is 6.04 Å². The second kappa shape index (κ2) is 4.84. The molecule has 1 aromatic carbocycles. The third-order valence-electron chi connectivity index (χ3n) is 1.71. The Morgan fingerprint density at radius 3 is 2.85 bits per heavy atom. The monoisotopic (exact) mass is 219 g/mol. The van der Waals surface area contributed by atoms with E-state index in [9.17, 15) is 4.39 Å². The summed E-state index contributed by atoms with van der Waals surface area (Å²) in [6.45, 7) is 0. The molecule has 0 amide bonds. The predicted molar refractivity (Wildman–Crippen MR) is 56.7 cm³/mol. The van der Waals surface area contributed by atoms with Gasteiger partial charge in [0.25, 0.3) is 0 Å². The van der Waals surface area contributed by atoms with Crippen LogP contribution in [0.1, 0.15) is 11.6 Å². The van der Waals surface area contributed by atoms with Crippen LogP contribution in [-0.2, 0) is 0 Å². The van der Waals surface area contributed by atoms with Crippen molar-refractivity contribution >= 4 is 23.4 Å². The van der Waals surface area contributed by atoms with E-state index in [-0.39, 0.29) is 11.9 Å². The average molecular weight is 220 g/mol. The Balaban J connectivity index is 2.88. The minimum atomic E-state index is -0.325. The first-order valence-corrected chi connectivity index (χ1v) is 5.61. The Labute approximate surface area is 86.5 Å². The molecule has 0 saturated carbocycles. The number of hydrogen-bond acceptors (Lipinski definition) is 2. The van der Waals surface area contributed by atoms with Crippen LogP contribution in [0.2, 0.25) is 5.02 Å². The van der Waals surface area contributed by atoms with Gasteiger partial charge in [-0.05, 0) is 18.4 Å². The van der Waals surface area contributed by atoms with Gasteiger partial charge in [0.05, 0.1) is 0 Å². The van der Waals surface area contributed by atoms with Crippen LogP contribution in [0.3, 0.4) is 0 Å². The number of rotatable bonds is 3. The molecule has 13 heavy (non-hydrogen) atoms. The van der Waals surface area contributed by atoms with Gasteiger partial charge in [0.2, 0.25) is 0 Å². The number of hydrogen-bond donors (Lipinski definition) is 1. The lowest BCUT2D eigenvalue weighted by Crippen LogP contribution is -2.14. The second-order valence-corrected chi connectivity index (χ2v) is 4.07.